The van der Waals surface area contributed by atoms with Crippen molar-refractivity contribution in [3.05, 3.63) is 35.5 Å². The number of carbonyl (C=O) groups is 2. The normalized spacial score (nSPS) is 24.6. The van der Waals surface area contributed by atoms with E-state index in [4.69, 9.17) is 11.6 Å². The van der Waals surface area contributed by atoms with Crippen molar-refractivity contribution >= 4 is 34.3 Å². The molecule has 1 aliphatic carbocycles. The van der Waals surface area contributed by atoms with Gasteiger partial charge in [0, 0.05) is 48.3 Å². The summed E-state index contributed by atoms with van der Waals surface area (Å²) in [6.45, 7) is 1.23. The van der Waals surface area contributed by atoms with Gasteiger partial charge in [-0.3, -0.25) is 9.59 Å². The number of rotatable bonds is 6. The Hall–Kier alpha value is -2.05. The van der Waals surface area contributed by atoms with Crippen LogP contribution in [0.25, 0.3) is 10.9 Å². The molecule has 1 aliphatic heterocycles. The van der Waals surface area contributed by atoms with Crippen molar-refractivity contribution in [1.29, 1.82) is 0 Å². The van der Waals surface area contributed by atoms with Crippen LogP contribution in [0.3, 0.4) is 0 Å². The molecule has 2 fully saturated rings. The summed E-state index contributed by atoms with van der Waals surface area (Å²) in [5.74, 6) is 0.0153. The highest BCUT2D eigenvalue weighted by molar-refractivity contribution is 6.31. The topological polar surface area (TPSA) is 75.2 Å². The van der Waals surface area contributed by atoms with E-state index in [0.717, 1.165) is 23.7 Å². The van der Waals surface area contributed by atoms with Gasteiger partial charge in [0.1, 0.15) is 0 Å². The Morgan fingerprint density at radius 1 is 1.21 bits per heavy atom. The number of benzene rings is 1. The molecule has 0 bridgehead atoms. The van der Waals surface area contributed by atoms with E-state index in [9.17, 15) is 9.59 Å². The van der Waals surface area contributed by atoms with Crippen LogP contribution in [0.2, 0.25) is 5.02 Å². The molecule has 0 radical (unpaired) electrons. The number of amides is 2. The summed E-state index contributed by atoms with van der Waals surface area (Å²) in [5, 5.41) is 11.4. The summed E-state index contributed by atoms with van der Waals surface area (Å²) >= 11 is 6.08. The summed E-state index contributed by atoms with van der Waals surface area (Å²) in [4.78, 5) is 24.5. The lowest BCUT2D eigenvalue weighted by atomic mass is 9.87. The van der Waals surface area contributed by atoms with Gasteiger partial charge in [0.2, 0.25) is 11.8 Å². The molecule has 6 nitrogen and oxygen atoms in total. The standard InChI is InChI=1S/C21H27ClN4O2/c22-15-6-5-14-9-11-26(19(14)13-15)12-10-23-20(27)8-7-18-21(28)25-17-4-2-1-3-16(17)24-18/h5-6,9,11,13,16-18,24H,1-4,7-8,10,12H2,(H,23,27)(H,25,28). The van der Waals surface area contributed by atoms with Gasteiger partial charge in [-0.05, 0) is 42.8 Å². The van der Waals surface area contributed by atoms with E-state index in [2.05, 4.69) is 20.5 Å². The van der Waals surface area contributed by atoms with Crippen molar-refractivity contribution in [1.82, 2.24) is 20.5 Å². The summed E-state index contributed by atoms with van der Waals surface area (Å²) in [7, 11) is 0. The lowest BCUT2D eigenvalue weighted by molar-refractivity contribution is -0.127. The molecule has 2 heterocycles. The van der Waals surface area contributed by atoms with Gasteiger partial charge < -0.3 is 20.5 Å². The number of nitrogens with one attached hydrogen (secondary N) is 3. The second-order valence-electron chi connectivity index (χ2n) is 7.83. The van der Waals surface area contributed by atoms with Gasteiger partial charge in [-0.2, -0.15) is 0 Å². The van der Waals surface area contributed by atoms with Gasteiger partial charge in [-0.1, -0.05) is 30.5 Å². The fourth-order valence-electron chi connectivity index (χ4n) is 4.37. The van der Waals surface area contributed by atoms with E-state index in [1.54, 1.807) is 0 Å². The van der Waals surface area contributed by atoms with Crippen molar-refractivity contribution in [2.24, 2.45) is 0 Å². The third-order valence-corrected chi connectivity index (χ3v) is 6.13. The minimum Gasteiger partial charge on any atom is -0.354 e. The van der Waals surface area contributed by atoms with Crippen LogP contribution in [0.5, 0.6) is 0 Å². The summed E-state index contributed by atoms with van der Waals surface area (Å²) < 4.78 is 2.08. The molecule has 1 aromatic heterocycles. The molecule has 3 unspecified atom stereocenters. The number of carbonyl (C=O) groups excluding carboxylic acids is 2. The Labute approximate surface area is 170 Å². The van der Waals surface area contributed by atoms with Crippen LogP contribution in [-0.4, -0.2) is 41.1 Å². The van der Waals surface area contributed by atoms with Gasteiger partial charge in [-0.15, -0.1) is 0 Å². The number of hydrogen-bond donors (Lipinski definition) is 3. The Balaban J connectivity index is 1.22. The zero-order valence-corrected chi connectivity index (χ0v) is 16.7. The maximum absolute atomic E-state index is 12.3. The molecule has 3 N–H and O–H groups in total. The summed E-state index contributed by atoms with van der Waals surface area (Å²) in [5.41, 5.74) is 1.06. The Kier molecular flexibility index (Phi) is 5.87. The molecule has 1 aromatic carbocycles. The first kappa shape index (κ1) is 19.3. The molecule has 7 heteroatoms. The predicted octanol–water partition coefficient (Wildman–Crippen LogP) is 2.59. The number of fused-ring (bicyclic) bond motifs is 2. The highest BCUT2D eigenvalue weighted by Gasteiger charge is 2.35. The van der Waals surface area contributed by atoms with E-state index >= 15 is 0 Å². The van der Waals surface area contributed by atoms with Gasteiger partial charge in [0.15, 0.2) is 0 Å². The maximum Gasteiger partial charge on any atom is 0.237 e. The average molecular weight is 403 g/mol. The number of halogens is 1. The largest absolute Gasteiger partial charge is 0.354 e. The van der Waals surface area contributed by atoms with Crippen molar-refractivity contribution < 1.29 is 9.59 Å². The molecule has 4 rings (SSSR count). The molecule has 2 aliphatic rings. The highest BCUT2D eigenvalue weighted by Crippen LogP contribution is 2.23. The minimum absolute atomic E-state index is 0.0186. The second-order valence-corrected chi connectivity index (χ2v) is 8.26. The van der Waals surface area contributed by atoms with Crippen LogP contribution in [0, 0.1) is 0 Å². The van der Waals surface area contributed by atoms with Gasteiger partial charge in [0.25, 0.3) is 0 Å². The van der Waals surface area contributed by atoms with Crippen LogP contribution in [0.4, 0.5) is 0 Å². The van der Waals surface area contributed by atoms with Crippen molar-refractivity contribution in [2.45, 2.75) is 63.2 Å². The Morgan fingerprint density at radius 2 is 2.04 bits per heavy atom. The average Bonchev–Trinajstić information content (AvgIpc) is 3.08. The van der Waals surface area contributed by atoms with E-state index in [1.807, 2.05) is 30.5 Å². The van der Waals surface area contributed by atoms with E-state index in [1.165, 1.54) is 12.8 Å². The molecule has 3 atom stereocenters. The predicted molar refractivity (Wildman–Crippen MR) is 110 cm³/mol. The molecule has 2 aromatic rings. The fourth-order valence-corrected chi connectivity index (χ4v) is 4.53. The molecular formula is C21H27ClN4O2. The SMILES string of the molecule is O=C(CCC1NC2CCCCC2NC1=O)NCCn1ccc2ccc(Cl)cc21. The Bertz CT molecular complexity index is 865. The molecule has 1 saturated heterocycles. The smallest absolute Gasteiger partial charge is 0.237 e. The third-order valence-electron chi connectivity index (χ3n) is 5.90. The van der Waals surface area contributed by atoms with Gasteiger partial charge in [0.05, 0.1) is 6.04 Å². The highest BCUT2D eigenvalue weighted by atomic mass is 35.5. The summed E-state index contributed by atoms with van der Waals surface area (Å²) in [6.07, 6.45) is 7.42. The lowest BCUT2D eigenvalue weighted by Gasteiger charge is -2.40. The third kappa shape index (κ3) is 4.33. The van der Waals surface area contributed by atoms with Crippen LogP contribution in [0.15, 0.2) is 30.5 Å². The number of hydrogen-bond acceptors (Lipinski definition) is 3. The van der Waals surface area contributed by atoms with E-state index in [0.29, 0.717) is 37.0 Å². The van der Waals surface area contributed by atoms with Crippen LogP contribution >= 0.6 is 11.6 Å². The van der Waals surface area contributed by atoms with Crippen molar-refractivity contribution in [3.8, 4) is 0 Å². The van der Waals surface area contributed by atoms with Crippen molar-refractivity contribution in [3.63, 3.8) is 0 Å². The van der Waals surface area contributed by atoms with Gasteiger partial charge >= 0.3 is 0 Å². The maximum atomic E-state index is 12.3. The summed E-state index contributed by atoms with van der Waals surface area (Å²) in [6, 6.07) is 8.20. The van der Waals surface area contributed by atoms with Gasteiger partial charge in [-0.25, -0.2) is 0 Å². The van der Waals surface area contributed by atoms with E-state index < -0.39 is 0 Å². The lowest BCUT2D eigenvalue weighted by Crippen LogP contribution is -2.64. The zero-order valence-electron chi connectivity index (χ0n) is 15.9. The zero-order chi connectivity index (χ0) is 19.5. The quantitative estimate of drug-likeness (QED) is 0.695. The fraction of sp³-hybridized carbons (Fsp3) is 0.524. The first-order valence-electron chi connectivity index (χ1n) is 10.2. The molecule has 150 valence electrons. The Morgan fingerprint density at radius 3 is 2.89 bits per heavy atom. The van der Waals surface area contributed by atoms with Crippen LogP contribution < -0.4 is 16.0 Å². The molecule has 1 saturated carbocycles. The van der Waals surface area contributed by atoms with Crippen molar-refractivity contribution in [2.75, 3.05) is 6.54 Å². The minimum atomic E-state index is -0.263. The van der Waals surface area contributed by atoms with Crippen LogP contribution in [-0.2, 0) is 16.1 Å². The number of nitrogens with zero attached hydrogens (tertiary/aromatic N) is 1. The number of aromatic nitrogens is 1. The molecular weight excluding hydrogens is 376 g/mol. The van der Waals surface area contributed by atoms with Crippen LogP contribution in [0.1, 0.15) is 38.5 Å². The first-order chi connectivity index (χ1) is 13.6. The second kappa shape index (κ2) is 8.53. The molecule has 2 amide bonds. The van der Waals surface area contributed by atoms with E-state index in [-0.39, 0.29) is 23.9 Å². The number of piperazine rings is 1. The molecule has 28 heavy (non-hydrogen) atoms. The first-order valence-corrected chi connectivity index (χ1v) is 10.6. The molecule has 0 spiro atoms. The monoisotopic (exact) mass is 402 g/mol.